The minimum absolute atomic E-state index is 0. The molecule has 0 amide bonds. The number of ether oxygens (including phenoxy) is 1. The molecule has 1 aliphatic rings. The van der Waals surface area contributed by atoms with Crippen LogP contribution in [0.15, 0.2) is 12.2 Å². The normalized spacial score (nSPS) is 15.5. The molecule has 0 aromatic heterocycles. The zero-order valence-electron chi connectivity index (χ0n) is 4.38. The first-order chi connectivity index (χ1) is 3.29. The summed E-state index contributed by atoms with van der Waals surface area (Å²) in [5.74, 6) is -1.16. The average molecular weight is 121 g/mol. The Labute approximate surface area is 68.0 Å². The molecular weight excluding hydrogens is 119 g/mol. The Morgan fingerprint density at radius 1 is 1.12 bits per heavy atom. The SMILES string of the molecule is O=C1C=CC(=O)O1.[Na+]. The molecule has 0 aliphatic carbocycles. The summed E-state index contributed by atoms with van der Waals surface area (Å²) in [6, 6.07) is 0. The van der Waals surface area contributed by atoms with Crippen molar-refractivity contribution >= 4 is 11.9 Å². The van der Waals surface area contributed by atoms with Crippen molar-refractivity contribution in [2.45, 2.75) is 0 Å². The zero-order valence-corrected chi connectivity index (χ0v) is 6.38. The molecule has 0 aromatic carbocycles. The van der Waals surface area contributed by atoms with E-state index < -0.39 is 11.9 Å². The first-order valence-electron chi connectivity index (χ1n) is 1.73. The third-order valence-electron chi connectivity index (χ3n) is 0.557. The maximum absolute atomic E-state index is 9.92. The van der Waals surface area contributed by atoms with E-state index in [9.17, 15) is 9.59 Å². The quantitative estimate of drug-likeness (QED) is 0.191. The van der Waals surface area contributed by atoms with E-state index in [0.29, 0.717) is 0 Å². The summed E-state index contributed by atoms with van der Waals surface area (Å²) in [5, 5.41) is 0. The molecule has 3 nitrogen and oxygen atoms in total. The fourth-order valence-corrected chi connectivity index (χ4v) is 0.303. The van der Waals surface area contributed by atoms with E-state index in [1.54, 1.807) is 0 Å². The van der Waals surface area contributed by atoms with Crippen molar-refractivity contribution in [1.82, 2.24) is 0 Å². The van der Waals surface area contributed by atoms with Crippen molar-refractivity contribution in [3.05, 3.63) is 12.2 Å². The van der Waals surface area contributed by atoms with Crippen LogP contribution in [-0.4, -0.2) is 11.9 Å². The number of cyclic esters (lactones) is 2. The molecule has 0 radical (unpaired) electrons. The minimum atomic E-state index is -0.579. The predicted molar refractivity (Wildman–Crippen MR) is 20.2 cm³/mol. The number of carbonyl (C=O) groups is 2. The Balaban J connectivity index is 0.000000490. The molecule has 0 bridgehead atoms. The van der Waals surface area contributed by atoms with Gasteiger partial charge in [-0.2, -0.15) is 0 Å². The van der Waals surface area contributed by atoms with E-state index in [2.05, 4.69) is 4.74 Å². The van der Waals surface area contributed by atoms with E-state index in [1.165, 1.54) is 0 Å². The summed E-state index contributed by atoms with van der Waals surface area (Å²) in [6.45, 7) is 0. The van der Waals surface area contributed by atoms with Gasteiger partial charge in [-0.1, -0.05) is 0 Å². The molecule has 0 aromatic rings. The molecule has 4 heteroatoms. The van der Waals surface area contributed by atoms with Gasteiger partial charge in [0, 0.05) is 12.2 Å². The molecule has 1 heterocycles. The number of carbonyl (C=O) groups excluding carboxylic acids is 2. The fourth-order valence-electron chi connectivity index (χ4n) is 0.303. The van der Waals surface area contributed by atoms with E-state index >= 15 is 0 Å². The summed E-state index contributed by atoms with van der Waals surface area (Å²) in [6.07, 6.45) is 2.17. The van der Waals surface area contributed by atoms with Crippen LogP contribution in [0.1, 0.15) is 0 Å². The molecule has 1 aliphatic heterocycles. The molecular formula is C4H2NaO3+. The van der Waals surface area contributed by atoms with Gasteiger partial charge in [0.1, 0.15) is 0 Å². The van der Waals surface area contributed by atoms with Gasteiger partial charge in [-0.15, -0.1) is 0 Å². The molecule has 0 unspecified atom stereocenters. The van der Waals surface area contributed by atoms with Crippen LogP contribution in [-0.2, 0) is 14.3 Å². The molecule has 0 fully saturated rings. The van der Waals surface area contributed by atoms with Crippen LogP contribution >= 0.6 is 0 Å². The Hall–Kier alpha value is -0.120. The standard InChI is InChI=1S/C4H2O3.Na/c5-3-1-2-4(6)7-3;/h1-2H;/q;+1. The molecule has 0 N–H and O–H groups in total. The van der Waals surface area contributed by atoms with Gasteiger partial charge in [0.15, 0.2) is 0 Å². The Morgan fingerprint density at radius 2 is 1.50 bits per heavy atom. The van der Waals surface area contributed by atoms with E-state index in [-0.39, 0.29) is 29.6 Å². The van der Waals surface area contributed by atoms with Crippen molar-refractivity contribution < 1.29 is 43.9 Å². The van der Waals surface area contributed by atoms with Crippen LogP contribution in [0.4, 0.5) is 0 Å². The van der Waals surface area contributed by atoms with Gasteiger partial charge in [0.05, 0.1) is 0 Å². The van der Waals surface area contributed by atoms with Gasteiger partial charge in [0.25, 0.3) is 0 Å². The smallest absolute Gasteiger partial charge is 0.387 e. The first kappa shape index (κ1) is 7.88. The van der Waals surface area contributed by atoms with Crippen molar-refractivity contribution in [2.24, 2.45) is 0 Å². The van der Waals surface area contributed by atoms with Gasteiger partial charge >= 0.3 is 41.5 Å². The second-order valence-corrected chi connectivity index (χ2v) is 1.07. The fraction of sp³-hybridized carbons (Fsp3) is 0. The van der Waals surface area contributed by atoms with E-state index in [1.807, 2.05) is 0 Å². The van der Waals surface area contributed by atoms with Crippen LogP contribution in [0.5, 0.6) is 0 Å². The third-order valence-corrected chi connectivity index (χ3v) is 0.557. The third kappa shape index (κ3) is 1.78. The number of hydrogen-bond donors (Lipinski definition) is 0. The van der Waals surface area contributed by atoms with E-state index in [0.717, 1.165) is 12.2 Å². The maximum atomic E-state index is 9.92. The van der Waals surface area contributed by atoms with Gasteiger partial charge in [-0.25, -0.2) is 9.59 Å². The summed E-state index contributed by atoms with van der Waals surface area (Å²) < 4.78 is 3.97. The van der Waals surface area contributed by atoms with Gasteiger partial charge < -0.3 is 4.74 Å². The average Bonchev–Trinajstić information content (AvgIpc) is 1.87. The van der Waals surface area contributed by atoms with Crippen molar-refractivity contribution in [1.29, 1.82) is 0 Å². The number of rotatable bonds is 0. The van der Waals surface area contributed by atoms with Crippen LogP contribution in [0, 0.1) is 0 Å². The Bertz CT molecular complexity index is 133. The predicted octanol–water partition coefficient (Wildman–Crippen LogP) is -3.37. The van der Waals surface area contributed by atoms with Crippen LogP contribution in [0.25, 0.3) is 0 Å². The summed E-state index contributed by atoms with van der Waals surface area (Å²) >= 11 is 0. The number of hydrogen-bond acceptors (Lipinski definition) is 3. The second kappa shape index (κ2) is 3.02. The Morgan fingerprint density at radius 3 is 1.62 bits per heavy atom. The van der Waals surface area contributed by atoms with Gasteiger partial charge in [-0.3, -0.25) is 0 Å². The second-order valence-electron chi connectivity index (χ2n) is 1.07. The van der Waals surface area contributed by atoms with Crippen molar-refractivity contribution in [3.8, 4) is 0 Å². The topological polar surface area (TPSA) is 43.4 Å². The molecule has 36 valence electrons. The first-order valence-corrected chi connectivity index (χ1v) is 1.73. The molecule has 8 heavy (non-hydrogen) atoms. The monoisotopic (exact) mass is 121 g/mol. The number of esters is 2. The van der Waals surface area contributed by atoms with Crippen LogP contribution in [0.3, 0.4) is 0 Å². The summed E-state index contributed by atoms with van der Waals surface area (Å²) in [7, 11) is 0. The van der Waals surface area contributed by atoms with Crippen molar-refractivity contribution in [2.75, 3.05) is 0 Å². The molecule has 1 rings (SSSR count). The minimum Gasteiger partial charge on any atom is -0.387 e. The summed E-state index contributed by atoms with van der Waals surface area (Å²) in [4.78, 5) is 19.8. The van der Waals surface area contributed by atoms with Crippen molar-refractivity contribution in [3.63, 3.8) is 0 Å². The van der Waals surface area contributed by atoms with Crippen LogP contribution < -0.4 is 29.6 Å². The van der Waals surface area contributed by atoms with Crippen LogP contribution in [0.2, 0.25) is 0 Å². The zero-order chi connectivity index (χ0) is 5.28. The Kier molecular flexibility index (Phi) is 2.97. The van der Waals surface area contributed by atoms with Gasteiger partial charge in [-0.05, 0) is 0 Å². The molecule has 0 spiro atoms. The van der Waals surface area contributed by atoms with E-state index in [4.69, 9.17) is 0 Å². The molecule has 0 atom stereocenters. The molecule has 0 saturated carbocycles. The largest absolute Gasteiger partial charge is 1.00 e. The summed E-state index contributed by atoms with van der Waals surface area (Å²) in [5.41, 5.74) is 0. The molecule has 0 saturated heterocycles. The maximum Gasteiger partial charge on any atom is 1.00 e. The van der Waals surface area contributed by atoms with Gasteiger partial charge in [0.2, 0.25) is 0 Å².